The van der Waals surface area contributed by atoms with E-state index < -0.39 is 17.8 Å². The van der Waals surface area contributed by atoms with Crippen molar-refractivity contribution in [1.82, 2.24) is 5.32 Å². The van der Waals surface area contributed by atoms with Crippen LogP contribution in [0.5, 0.6) is 0 Å². The Morgan fingerprint density at radius 1 is 1.33 bits per heavy atom. The molecule has 3 N–H and O–H groups in total. The van der Waals surface area contributed by atoms with E-state index in [-0.39, 0.29) is 12.6 Å². The van der Waals surface area contributed by atoms with Gasteiger partial charge in [-0.25, -0.2) is 4.79 Å². The molecular weight excluding hydrogens is 234 g/mol. The van der Waals surface area contributed by atoms with Gasteiger partial charge in [0.1, 0.15) is 5.60 Å². The number of aliphatic hydroxyl groups excluding tert-OH is 2. The van der Waals surface area contributed by atoms with E-state index in [4.69, 9.17) is 9.84 Å². The Kier molecular flexibility index (Phi) is 7.95. The van der Waals surface area contributed by atoms with E-state index in [2.05, 4.69) is 5.32 Å². The smallest absolute Gasteiger partial charge is 0.407 e. The number of alkyl carbamates (subject to hydrolysis) is 1. The van der Waals surface area contributed by atoms with E-state index in [1.165, 1.54) is 0 Å². The molecule has 1 amide bonds. The molecule has 0 saturated heterocycles. The second-order valence-electron chi connectivity index (χ2n) is 5.45. The maximum atomic E-state index is 11.6. The molecule has 5 heteroatoms. The molecule has 0 aliphatic rings. The fraction of sp³-hybridized carbons (Fsp3) is 0.923. The van der Waals surface area contributed by atoms with Crippen LogP contribution in [0, 0.1) is 0 Å². The summed E-state index contributed by atoms with van der Waals surface area (Å²) >= 11 is 0. The molecule has 0 aliphatic heterocycles. The average molecular weight is 261 g/mol. The van der Waals surface area contributed by atoms with Crippen molar-refractivity contribution in [2.45, 2.75) is 71.1 Å². The number of ether oxygens (including phenoxy) is 1. The Balaban J connectivity index is 4.26. The molecule has 0 fully saturated rings. The predicted octanol–water partition coefficient (Wildman–Crippen LogP) is 1.81. The topological polar surface area (TPSA) is 78.8 Å². The van der Waals surface area contributed by atoms with Crippen molar-refractivity contribution >= 4 is 6.09 Å². The molecule has 18 heavy (non-hydrogen) atoms. The van der Waals surface area contributed by atoms with Crippen LogP contribution in [0.1, 0.15) is 53.4 Å². The highest BCUT2D eigenvalue weighted by atomic mass is 16.6. The third-order valence-electron chi connectivity index (χ3n) is 2.51. The van der Waals surface area contributed by atoms with Gasteiger partial charge in [0, 0.05) is 6.61 Å². The van der Waals surface area contributed by atoms with Gasteiger partial charge in [-0.05, 0) is 46.5 Å². The second kappa shape index (κ2) is 8.32. The zero-order chi connectivity index (χ0) is 14.2. The third kappa shape index (κ3) is 8.31. The monoisotopic (exact) mass is 261 g/mol. The molecule has 2 atom stereocenters. The molecule has 0 unspecified atom stereocenters. The van der Waals surface area contributed by atoms with Crippen molar-refractivity contribution < 1.29 is 19.7 Å². The summed E-state index contributed by atoms with van der Waals surface area (Å²) in [5, 5.41) is 21.3. The first-order valence-corrected chi connectivity index (χ1v) is 6.58. The van der Waals surface area contributed by atoms with Crippen LogP contribution in [0.3, 0.4) is 0 Å². The van der Waals surface area contributed by atoms with Gasteiger partial charge < -0.3 is 20.3 Å². The van der Waals surface area contributed by atoms with Crippen LogP contribution in [0.25, 0.3) is 0 Å². The summed E-state index contributed by atoms with van der Waals surface area (Å²) in [6.07, 6.45) is 1.53. The van der Waals surface area contributed by atoms with Crippen molar-refractivity contribution in [3.05, 3.63) is 0 Å². The Morgan fingerprint density at radius 3 is 2.39 bits per heavy atom. The second-order valence-corrected chi connectivity index (χ2v) is 5.45. The van der Waals surface area contributed by atoms with Gasteiger partial charge in [-0.3, -0.25) is 0 Å². The molecule has 0 radical (unpaired) electrons. The highest BCUT2D eigenvalue weighted by molar-refractivity contribution is 5.68. The maximum absolute atomic E-state index is 11.6. The van der Waals surface area contributed by atoms with E-state index in [0.29, 0.717) is 19.3 Å². The zero-order valence-electron chi connectivity index (χ0n) is 11.9. The fourth-order valence-electron chi connectivity index (χ4n) is 1.58. The van der Waals surface area contributed by atoms with Crippen LogP contribution in [0.2, 0.25) is 0 Å². The van der Waals surface area contributed by atoms with E-state index in [9.17, 15) is 9.90 Å². The molecule has 0 spiro atoms. The van der Waals surface area contributed by atoms with Gasteiger partial charge in [-0.1, -0.05) is 6.92 Å². The Hall–Kier alpha value is -0.810. The highest BCUT2D eigenvalue weighted by Gasteiger charge is 2.23. The van der Waals surface area contributed by atoms with Crippen molar-refractivity contribution in [2.75, 3.05) is 6.61 Å². The standard InChI is InChI=1S/C13H27NO4/c1-5-11(16)10(8-6-7-9-15)14-12(17)18-13(2,3)4/h10-11,15-16H,5-9H2,1-4H3,(H,14,17)/t10-,11+/m1/s1. The first kappa shape index (κ1) is 17.2. The minimum Gasteiger partial charge on any atom is -0.444 e. The number of aliphatic hydroxyl groups is 2. The number of carbonyl (C=O) groups excluding carboxylic acids is 1. The van der Waals surface area contributed by atoms with Gasteiger partial charge in [0.15, 0.2) is 0 Å². The number of nitrogens with one attached hydrogen (secondary N) is 1. The molecule has 0 bridgehead atoms. The SMILES string of the molecule is CC[C@H](O)[C@@H](CCCCO)NC(=O)OC(C)(C)C. The van der Waals surface area contributed by atoms with Crippen LogP contribution >= 0.6 is 0 Å². The summed E-state index contributed by atoms with van der Waals surface area (Å²) in [5.74, 6) is 0. The lowest BCUT2D eigenvalue weighted by atomic mass is 10.0. The summed E-state index contributed by atoms with van der Waals surface area (Å²) in [7, 11) is 0. The Bertz CT molecular complexity index is 238. The minimum absolute atomic E-state index is 0.126. The number of amides is 1. The lowest BCUT2D eigenvalue weighted by Gasteiger charge is -2.26. The predicted molar refractivity (Wildman–Crippen MR) is 70.4 cm³/mol. The van der Waals surface area contributed by atoms with Gasteiger partial charge >= 0.3 is 6.09 Å². The van der Waals surface area contributed by atoms with Gasteiger partial charge in [0.2, 0.25) is 0 Å². The van der Waals surface area contributed by atoms with E-state index in [0.717, 1.165) is 6.42 Å². The summed E-state index contributed by atoms with van der Waals surface area (Å²) in [6, 6.07) is -0.323. The maximum Gasteiger partial charge on any atom is 0.407 e. The number of rotatable bonds is 7. The summed E-state index contributed by atoms with van der Waals surface area (Å²) in [5.41, 5.74) is -0.545. The van der Waals surface area contributed by atoms with Crippen LogP contribution in [0.15, 0.2) is 0 Å². The minimum atomic E-state index is -0.587. The lowest BCUT2D eigenvalue weighted by molar-refractivity contribution is 0.0407. The van der Waals surface area contributed by atoms with Crippen molar-refractivity contribution in [1.29, 1.82) is 0 Å². The lowest BCUT2D eigenvalue weighted by Crippen LogP contribution is -2.45. The zero-order valence-corrected chi connectivity index (χ0v) is 11.9. The van der Waals surface area contributed by atoms with Crippen molar-refractivity contribution in [3.63, 3.8) is 0 Å². The molecule has 0 rings (SSSR count). The molecule has 0 aromatic rings. The van der Waals surface area contributed by atoms with Gasteiger partial charge in [-0.2, -0.15) is 0 Å². The van der Waals surface area contributed by atoms with Crippen molar-refractivity contribution in [2.24, 2.45) is 0 Å². The van der Waals surface area contributed by atoms with E-state index >= 15 is 0 Å². The molecule has 0 saturated carbocycles. The summed E-state index contributed by atoms with van der Waals surface area (Å²) < 4.78 is 5.16. The van der Waals surface area contributed by atoms with Crippen LogP contribution in [0.4, 0.5) is 4.79 Å². The third-order valence-corrected chi connectivity index (χ3v) is 2.51. The summed E-state index contributed by atoms with van der Waals surface area (Å²) in [6.45, 7) is 7.37. The molecule has 0 aromatic carbocycles. The highest BCUT2D eigenvalue weighted by Crippen LogP contribution is 2.11. The van der Waals surface area contributed by atoms with Crippen LogP contribution in [-0.2, 0) is 4.74 Å². The molecule has 0 aliphatic carbocycles. The Labute approximate surface area is 110 Å². The van der Waals surface area contributed by atoms with Gasteiger partial charge in [0.05, 0.1) is 12.1 Å². The fourth-order valence-corrected chi connectivity index (χ4v) is 1.58. The first-order valence-electron chi connectivity index (χ1n) is 6.58. The molecular formula is C13H27NO4. The van der Waals surface area contributed by atoms with E-state index in [1.54, 1.807) is 20.8 Å². The number of unbranched alkanes of at least 4 members (excludes halogenated alkanes) is 1. The van der Waals surface area contributed by atoms with E-state index in [1.807, 2.05) is 6.92 Å². The quantitative estimate of drug-likeness (QED) is 0.611. The van der Waals surface area contributed by atoms with Gasteiger partial charge in [-0.15, -0.1) is 0 Å². The average Bonchev–Trinajstić information content (AvgIpc) is 2.24. The van der Waals surface area contributed by atoms with Crippen LogP contribution < -0.4 is 5.32 Å². The first-order chi connectivity index (χ1) is 8.30. The van der Waals surface area contributed by atoms with Gasteiger partial charge in [0.25, 0.3) is 0 Å². The molecule has 0 heterocycles. The largest absolute Gasteiger partial charge is 0.444 e. The van der Waals surface area contributed by atoms with Crippen molar-refractivity contribution in [3.8, 4) is 0 Å². The normalized spacial score (nSPS) is 15.0. The van der Waals surface area contributed by atoms with Crippen LogP contribution in [-0.4, -0.2) is 40.7 Å². The number of hydrogen-bond acceptors (Lipinski definition) is 4. The molecule has 0 aromatic heterocycles. The molecule has 108 valence electrons. The summed E-state index contributed by atoms with van der Waals surface area (Å²) in [4.78, 5) is 11.6. The number of carbonyl (C=O) groups is 1. The molecule has 5 nitrogen and oxygen atoms in total. The number of hydrogen-bond donors (Lipinski definition) is 3. The Morgan fingerprint density at radius 2 is 1.94 bits per heavy atom.